The van der Waals surface area contributed by atoms with Gasteiger partial charge in [0.05, 0.1) is 12.1 Å². The van der Waals surface area contributed by atoms with Crippen LogP contribution in [0.15, 0.2) is 30.3 Å². The third-order valence-corrected chi connectivity index (χ3v) is 4.32. The summed E-state index contributed by atoms with van der Waals surface area (Å²) in [4.78, 5) is 37.7. The standard InChI is InChI=1S/C20H30N4O4/c1-14(15-8-6-5-7-9-15)24-13-16(12-17(24)25)23-18(26)21-10-11-22-19(27)28-20(2,3)4/h5-9,14,16H,10-13H2,1-4H3,(H,22,27)(H2,21,23,26). The van der Waals surface area contributed by atoms with Crippen LogP contribution >= 0.6 is 0 Å². The zero-order chi connectivity index (χ0) is 20.7. The molecule has 1 aromatic carbocycles. The molecule has 1 aliphatic rings. The minimum absolute atomic E-state index is 0.0215. The highest BCUT2D eigenvalue weighted by Crippen LogP contribution is 2.25. The fraction of sp³-hybridized carbons (Fsp3) is 0.550. The Labute approximate surface area is 166 Å². The van der Waals surface area contributed by atoms with Gasteiger partial charge in [0, 0.05) is 26.1 Å². The number of carbonyl (C=O) groups excluding carboxylic acids is 3. The molecular weight excluding hydrogens is 360 g/mol. The molecule has 0 bridgehead atoms. The van der Waals surface area contributed by atoms with Crippen molar-refractivity contribution in [2.24, 2.45) is 0 Å². The highest BCUT2D eigenvalue weighted by atomic mass is 16.6. The second kappa shape index (κ2) is 9.43. The van der Waals surface area contributed by atoms with E-state index in [1.165, 1.54) is 0 Å². The van der Waals surface area contributed by atoms with Gasteiger partial charge in [-0.3, -0.25) is 4.79 Å². The number of benzene rings is 1. The number of hydrogen-bond acceptors (Lipinski definition) is 4. The Bertz CT molecular complexity index is 687. The normalized spacial score (nSPS) is 17.8. The van der Waals surface area contributed by atoms with Crippen LogP contribution in [-0.2, 0) is 9.53 Å². The van der Waals surface area contributed by atoms with Crippen molar-refractivity contribution in [3.8, 4) is 0 Å². The molecule has 1 saturated heterocycles. The molecule has 0 spiro atoms. The van der Waals surface area contributed by atoms with Crippen molar-refractivity contribution in [1.29, 1.82) is 0 Å². The maximum absolute atomic E-state index is 12.3. The maximum Gasteiger partial charge on any atom is 0.407 e. The predicted molar refractivity (Wildman–Crippen MR) is 106 cm³/mol. The SMILES string of the molecule is CC(c1ccccc1)N1CC(NC(=O)NCCNC(=O)OC(C)(C)C)CC1=O. The van der Waals surface area contributed by atoms with Gasteiger partial charge in [-0.1, -0.05) is 30.3 Å². The molecule has 0 aliphatic carbocycles. The highest BCUT2D eigenvalue weighted by molar-refractivity contribution is 5.82. The van der Waals surface area contributed by atoms with Crippen molar-refractivity contribution in [2.45, 2.75) is 51.8 Å². The molecule has 4 amide bonds. The van der Waals surface area contributed by atoms with Crippen molar-refractivity contribution < 1.29 is 19.1 Å². The van der Waals surface area contributed by atoms with Gasteiger partial charge in [0.1, 0.15) is 5.60 Å². The lowest BCUT2D eigenvalue weighted by Crippen LogP contribution is -2.45. The van der Waals surface area contributed by atoms with Crippen LogP contribution in [0.3, 0.4) is 0 Å². The molecule has 1 heterocycles. The number of likely N-dealkylation sites (tertiary alicyclic amines) is 1. The average molecular weight is 390 g/mol. The molecule has 2 atom stereocenters. The number of urea groups is 1. The zero-order valence-electron chi connectivity index (χ0n) is 17.0. The Kier molecular flexibility index (Phi) is 7.25. The Hall–Kier alpha value is -2.77. The lowest BCUT2D eigenvalue weighted by atomic mass is 10.1. The van der Waals surface area contributed by atoms with Crippen LogP contribution in [0.25, 0.3) is 0 Å². The molecule has 2 unspecified atom stereocenters. The summed E-state index contributed by atoms with van der Waals surface area (Å²) in [7, 11) is 0. The van der Waals surface area contributed by atoms with Crippen LogP contribution in [0, 0.1) is 0 Å². The van der Waals surface area contributed by atoms with E-state index in [9.17, 15) is 14.4 Å². The quantitative estimate of drug-likeness (QED) is 0.648. The minimum atomic E-state index is -0.563. The van der Waals surface area contributed by atoms with E-state index in [-0.39, 0.29) is 43.5 Å². The molecule has 1 fully saturated rings. The number of nitrogens with zero attached hydrogens (tertiary/aromatic N) is 1. The fourth-order valence-electron chi connectivity index (χ4n) is 3.01. The van der Waals surface area contributed by atoms with Crippen LogP contribution in [-0.4, -0.2) is 54.2 Å². The van der Waals surface area contributed by atoms with E-state index in [2.05, 4.69) is 16.0 Å². The zero-order valence-corrected chi connectivity index (χ0v) is 17.0. The Morgan fingerprint density at radius 3 is 2.46 bits per heavy atom. The number of amides is 4. The highest BCUT2D eigenvalue weighted by Gasteiger charge is 2.33. The predicted octanol–water partition coefficient (Wildman–Crippen LogP) is 2.17. The van der Waals surface area contributed by atoms with Crippen LogP contribution < -0.4 is 16.0 Å². The topological polar surface area (TPSA) is 99.8 Å². The molecule has 28 heavy (non-hydrogen) atoms. The van der Waals surface area contributed by atoms with Gasteiger partial charge in [-0.05, 0) is 33.3 Å². The van der Waals surface area contributed by atoms with E-state index < -0.39 is 11.7 Å². The van der Waals surface area contributed by atoms with Crippen molar-refractivity contribution in [3.05, 3.63) is 35.9 Å². The van der Waals surface area contributed by atoms with Gasteiger partial charge >= 0.3 is 12.1 Å². The molecule has 0 radical (unpaired) electrons. The first kappa shape index (κ1) is 21.5. The summed E-state index contributed by atoms with van der Waals surface area (Å²) in [6.45, 7) is 8.31. The van der Waals surface area contributed by atoms with Gasteiger partial charge in [0.15, 0.2) is 0 Å². The first-order valence-electron chi connectivity index (χ1n) is 9.51. The van der Waals surface area contributed by atoms with Crippen molar-refractivity contribution in [1.82, 2.24) is 20.9 Å². The third kappa shape index (κ3) is 6.75. The number of alkyl carbamates (subject to hydrolysis) is 1. The minimum Gasteiger partial charge on any atom is -0.444 e. The van der Waals surface area contributed by atoms with Gasteiger partial charge in [0.25, 0.3) is 0 Å². The summed E-state index contributed by atoms with van der Waals surface area (Å²) >= 11 is 0. The Morgan fingerprint density at radius 1 is 1.18 bits per heavy atom. The van der Waals surface area contributed by atoms with Gasteiger partial charge in [-0.25, -0.2) is 9.59 Å². The van der Waals surface area contributed by atoms with Crippen molar-refractivity contribution in [3.63, 3.8) is 0 Å². The number of rotatable bonds is 6. The van der Waals surface area contributed by atoms with Gasteiger partial charge in [0.2, 0.25) is 5.91 Å². The lowest BCUT2D eigenvalue weighted by molar-refractivity contribution is -0.129. The number of ether oxygens (including phenoxy) is 1. The lowest BCUT2D eigenvalue weighted by Gasteiger charge is -2.25. The molecule has 154 valence electrons. The number of nitrogens with one attached hydrogen (secondary N) is 3. The monoisotopic (exact) mass is 390 g/mol. The van der Waals surface area contributed by atoms with Crippen molar-refractivity contribution in [2.75, 3.05) is 19.6 Å². The molecule has 1 aliphatic heterocycles. The van der Waals surface area contributed by atoms with E-state index in [1.54, 1.807) is 25.7 Å². The molecule has 8 heteroatoms. The fourth-order valence-corrected chi connectivity index (χ4v) is 3.01. The maximum atomic E-state index is 12.3. The van der Waals surface area contributed by atoms with Gasteiger partial charge in [-0.2, -0.15) is 0 Å². The van der Waals surface area contributed by atoms with Gasteiger partial charge < -0.3 is 25.6 Å². The first-order valence-corrected chi connectivity index (χ1v) is 9.51. The summed E-state index contributed by atoms with van der Waals surface area (Å²) < 4.78 is 5.11. The van der Waals surface area contributed by atoms with Gasteiger partial charge in [-0.15, -0.1) is 0 Å². The number of carbonyl (C=O) groups is 3. The second-order valence-corrected chi connectivity index (χ2v) is 7.86. The summed E-state index contributed by atoms with van der Waals surface area (Å²) in [5.74, 6) is 0.0215. The van der Waals surface area contributed by atoms with E-state index in [1.807, 2.05) is 37.3 Å². The summed E-state index contributed by atoms with van der Waals surface area (Å²) in [6.07, 6.45) is -0.248. The van der Waals surface area contributed by atoms with E-state index in [0.717, 1.165) is 5.56 Å². The molecule has 3 N–H and O–H groups in total. The molecular formula is C20H30N4O4. The van der Waals surface area contributed by atoms with E-state index >= 15 is 0 Å². The first-order chi connectivity index (χ1) is 13.2. The summed E-state index contributed by atoms with van der Waals surface area (Å²) in [5.41, 5.74) is 0.501. The van der Waals surface area contributed by atoms with Crippen molar-refractivity contribution >= 4 is 18.0 Å². The van der Waals surface area contributed by atoms with Crippen LogP contribution in [0.5, 0.6) is 0 Å². The van der Waals surface area contributed by atoms with E-state index in [4.69, 9.17) is 4.74 Å². The third-order valence-electron chi connectivity index (χ3n) is 4.32. The van der Waals surface area contributed by atoms with E-state index in [0.29, 0.717) is 6.54 Å². The second-order valence-electron chi connectivity index (χ2n) is 7.86. The smallest absolute Gasteiger partial charge is 0.407 e. The Balaban J connectivity index is 1.70. The summed E-state index contributed by atoms with van der Waals surface area (Å²) in [6, 6.07) is 9.17. The molecule has 0 saturated carbocycles. The van der Waals surface area contributed by atoms with Crippen LogP contribution in [0.4, 0.5) is 9.59 Å². The molecule has 2 rings (SSSR count). The number of hydrogen-bond donors (Lipinski definition) is 3. The molecule has 8 nitrogen and oxygen atoms in total. The van der Waals surface area contributed by atoms with Crippen LogP contribution in [0.1, 0.15) is 45.7 Å². The molecule has 1 aromatic rings. The molecule has 0 aromatic heterocycles. The summed E-state index contributed by atoms with van der Waals surface area (Å²) in [5, 5.41) is 8.05. The largest absolute Gasteiger partial charge is 0.444 e. The Morgan fingerprint density at radius 2 is 1.82 bits per heavy atom. The van der Waals surface area contributed by atoms with Crippen LogP contribution in [0.2, 0.25) is 0 Å². The average Bonchev–Trinajstić information content (AvgIpc) is 2.97.